The van der Waals surface area contributed by atoms with Gasteiger partial charge in [-0.15, -0.1) is 0 Å². The molecule has 3 heteroatoms. The molecule has 2 heterocycles. The van der Waals surface area contributed by atoms with Gasteiger partial charge in [0, 0.05) is 12.1 Å². The number of aromatic nitrogens is 1. The number of nitrogens with one attached hydrogen (secondary N) is 1. The first kappa shape index (κ1) is 11.7. The van der Waals surface area contributed by atoms with Crippen LogP contribution in [-0.4, -0.2) is 11.5 Å². The van der Waals surface area contributed by atoms with Gasteiger partial charge in [-0.3, -0.25) is 0 Å². The number of fused-ring (bicyclic) bond motifs is 2. The molecule has 20 heavy (non-hydrogen) atoms. The first-order valence-corrected chi connectivity index (χ1v) is 7.00. The summed E-state index contributed by atoms with van der Waals surface area (Å²) in [4.78, 5) is 4.65. The van der Waals surface area contributed by atoms with E-state index in [1.54, 1.807) is 0 Å². The van der Waals surface area contributed by atoms with Crippen molar-refractivity contribution in [1.82, 2.24) is 10.3 Å². The monoisotopic (exact) mass is 264 g/mol. The minimum absolute atomic E-state index is 0.740. The van der Waals surface area contributed by atoms with Gasteiger partial charge in [-0.1, -0.05) is 18.2 Å². The highest BCUT2D eigenvalue weighted by Crippen LogP contribution is 2.30. The van der Waals surface area contributed by atoms with Crippen molar-refractivity contribution in [3.05, 3.63) is 53.1 Å². The summed E-state index contributed by atoms with van der Waals surface area (Å²) in [6, 6.07) is 12.5. The van der Waals surface area contributed by atoms with Gasteiger partial charge in [0.15, 0.2) is 5.58 Å². The predicted octanol–water partition coefficient (Wildman–Crippen LogP) is 3.45. The first-order chi connectivity index (χ1) is 9.81. The van der Waals surface area contributed by atoms with Crippen molar-refractivity contribution in [2.45, 2.75) is 19.9 Å². The second-order valence-electron chi connectivity index (χ2n) is 5.36. The molecule has 0 amide bonds. The molecule has 100 valence electrons. The molecule has 0 fully saturated rings. The molecule has 3 nitrogen and oxygen atoms in total. The number of nitrogens with zero attached hydrogens (tertiary/aromatic N) is 1. The van der Waals surface area contributed by atoms with E-state index in [2.05, 4.69) is 41.5 Å². The van der Waals surface area contributed by atoms with Crippen molar-refractivity contribution in [3.8, 4) is 11.5 Å². The highest BCUT2D eigenvalue weighted by molar-refractivity contribution is 5.77. The molecule has 3 aromatic rings. The van der Waals surface area contributed by atoms with Crippen LogP contribution in [0.5, 0.6) is 0 Å². The summed E-state index contributed by atoms with van der Waals surface area (Å²) in [6.45, 7) is 4.02. The minimum Gasteiger partial charge on any atom is -0.436 e. The quantitative estimate of drug-likeness (QED) is 0.731. The molecular weight excluding hydrogens is 248 g/mol. The van der Waals surface area contributed by atoms with E-state index >= 15 is 0 Å². The molecule has 1 aliphatic heterocycles. The Morgan fingerprint density at radius 1 is 1.20 bits per heavy atom. The number of aryl methyl sites for hydroxylation is 1. The molecule has 1 aliphatic rings. The fourth-order valence-corrected chi connectivity index (χ4v) is 2.88. The van der Waals surface area contributed by atoms with Crippen molar-refractivity contribution >= 4 is 11.1 Å². The fourth-order valence-electron chi connectivity index (χ4n) is 2.88. The zero-order valence-electron chi connectivity index (χ0n) is 11.4. The second-order valence-corrected chi connectivity index (χ2v) is 5.36. The van der Waals surface area contributed by atoms with Crippen LogP contribution in [0.15, 0.2) is 40.8 Å². The molecule has 1 aromatic heterocycles. The van der Waals surface area contributed by atoms with Gasteiger partial charge in [0.05, 0.1) is 0 Å². The van der Waals surface area contributed by atoms with Crippen LogP contribution in [0.1, 0.15) is 16.7 Å². The molecule has 4 rings (SSSR count). The number of hydrogen-bond acceptors (Lipinski definition) is 3. The number of hydrogen-bond donors (Lipinski definition) is 1. The summed E-state index contributed by atoms with van der Waals surface area (Å²) in [5.74, 6) is 0.740. The molecule has 0 spiro atoms. The van der Waals surface area contributed by atoms with Gasteiger partial charge in [0.2, 0.25) is 5.89 Å². The van der Waals surface area contributed by atoms with Crippen LogP contribution in [0.4, 0.5) is 0 Å². The number of oxazole rings is 1. The Morgan fingerprint density at radius 3 is 3.10 bits per heavy atom. The van der Waals surface area contributed by atoms with Crippen LogP contribution in [0.2, 0.25) is 0 Å². The Labute approximate surface area is 117 Å². The molecule has 0 saturated carbocycles. The van der Waals surface area contributed by atoms with Gasteiger partial charge in [0.1, 0.15) is 5.52 Å². The van der Waals surface area contributed by atoms with Gasteiger partial charge in [0.25, 0.3) is 0 Å². The van der Waals surface area contributed by atoms with Crippen LogP contribution in [0.25, 0.3) is 22.6 Å². The second kappa shape index (κ2) is 4.46. The SMILES string of the molecule is Cc1ccc2nc(-c3cccc4c3CCNC4)oc2c1. The maximum atomic E-state index is 5.97. The zero-order chi connectivity index (χ0) is 13.5. The van der Waals surface area contributed by atoms with Crippen LogP contribution < -0.4 is 5.32 Å². The standard InChI is InChI=1S/C17H16N2O/c1-11-5-6-15-16(9-11)20-17(19-15)14-4-2-3-12-10-18-8-7-13(12)14/h2-6,9,18H,7-8,10H2,1H3. The summed E-state index contributed by atoms with van der Waals surface area (Å²) in [5, 5.41) is 3.40. The lowest BCUT2D eigenvalue weighted by Crippen LogP contribution is -2.24. The van der Waals surface area contributed by atoms with E-state index in [0.717, 1.165) is 42.1 Å². The van der Waals surface area contributed by atoms with Gasteiger partial charge in [-0.2, -0.15) is 0 Å². The van der Waals surface area contributed by atoms with Gasteiger partial charge >= 0.3 is 0 Å². The first-order valence-electron chi connectivity index (χ1n) is 7.00. The average Bonchev–Trinajstić information content (AvgIpc) is 2.89. The summed E-state index contributed by atoms with van der Waals surface area (Å²) in [7, 11) is 0. The van der Waals surface area contributed by atoms with Crippen molar-refractivity contribution in [1.29, 1.82) is 0 Å². The lowest BCUT2D eigenvalue weighted by atomic mass is 9.95. The molecule has 0 aliphatic carbocycles. The molecule has 0 radical (unpaired) electrons. The molecule has 0 atom stereocenters. The molecular formula is C17H16N2O. The summed E-state index contributed by atoms with van der Waals surface area (Å²) >= 11 is 0. The van der Waals surface area contributed by atoms with Crippen molar-refractivity contribution in [2.75, 3.05) is 6.54 Å². The summed E-state index contributed by atoms with van der Waals surface area (Å²) < 4.78 is 5.97. The third kappa shape index (κ3) is 1.82. The Morgan fingerprint density at radius 2 is 2.15 bits per heavy atom. The Hall–Kier alpha value is -2.13. The average molecular weight is 264 g/mol. The van der Waals surface area contributed by atoms with Gasteiger partial charge in [-0.25, -0.2) is 4.98 Å². The van der Waals surface area contributed by atoms with Gasteiger partial charge in [-0.05, 0) is 54.8 Å². The molecule has 0 saturated heterocycles. The van der Waals surface area contributed by atoms with E-state index in [4.69, 9.17) is 4.42 Å². The predicted molar refractivity (Wildman–Crippen MR) is 79.6 cm³/mol. The third-order valence-electron chi connectivity index (χ3n) is 3.91. The van der Waals surface area contributed by atoms with Crippen LogP contribution in [0, 0.1) is 6.92 Å². The molecule has 2 aromatic carbocycles. The van der Waals surface area contributed by atoms with E-state index in [9.17, 15) is 0 Å². The Balaban J connectivity index is 1.90. The van der Waals surface area contributed by atoms with E-state index in [1.165, 1.54) is 16.7 Å². The van der Waals surface area contributed by atoms with Crippen LogP contribution in [0.3, 0.4) is 0 Å². The van der Waals surface area contributed by atoms with Crippen molar-refractivity contribution in [2.24, 2.45) is 0 Å². The largest absolute Gasteiger partial charge is 0.436 e. The van der Waals surface area contributed by atoms with Gasteiger partial charge < -0.3 is 9.73 Å². The Bertz CT molecular complexity index is 789. The lowest BCUT2D eigenvalue weighted by molar-refractivity contribution is 0.611. The summed E-state index contributed by atoms with van der Waals surface area (Å²) in [6.07, 6.45) is 1.03. The van der Waals surface area contributed by atoms with E-state index in [-0.39, 0.29) is 0 Å². The van der Waals surface area contributed by atoms with E-state index in [0.29, 0.717) is 0 Å². The van der Waals surface area contributed by atoms with E-state index < -0.39 is 0 Å². The topological polar surface area (TPSA) is 38.1 Å². The highest BCUT2D eigenvalue weighted by Gasteiger charge is 2.17. The maximum Gasteiger partial charge on any atom is 0.227 e. The lowest BCUT2D eigenvalue weighted by Gasteiger charge is -2.18. The number of benzene rings is 2. The van der Waals surface area contributed by atoms with Crippen LogP contribution in [-0.2, 0) is 13.0 Å². The zero-order valence-corrected chi connectivity index (χ0v) is 11.4. The summed E-state index contributed by atoms with van der Waals surface area (Å²) in [5.41, 5.74) is 6.85. The molecule has 0 bridgehead atoms. The van der Waals surface area contributed by atoms with E-state index in [1.807, 2.05) is 12.1 Å². The number of rotatable bonds is 1. The highest BCUT2D eigenvalue weighted by atomic mass is 16.3. The van der Waals surface area contributed by atoms with Crippen LogP contribution >= 0.6 is 0 Å². The normalized spacial score (nSPS) is 14.4. The minimum atomic E-state index is 0.740. The smallest absolute Gasteiger partial charge is 0.227 e. The molecule has 0 unspecified atom stereocenters. The Kier molecular flexibility index (Phi) is 2.60. The fraction of sp³-hybridized carbons (Fsp3) is 0.235. The maximum absolute atomic E-state index is 5.97. The van der Waals surface area contributed by atoms with Crippen molar-refractivity contribution in [3.63, 3.8) is 0 Å². The molecule has 1 N–H and O–H groups in total. The third-order valence-corrected chi connectivity index (χ3v) is 3.91. The van der Waals surface area contributed by atoms with Crippen molar-refractivity contribution < 1.29 is 4.42 Å².